The Morgan fingerprint density at radius 2 is 1.74 bits per heavy atom. The van der Waals surface area contributed by atoms with Crippen LogP contribution in [0.15, 0.2) is 57.3 Å². The topological polar surface area (TPSA) is 142 Å². The van der Waals surface area contributed by atoms with Gasteiger partial charge >= 0.3 is 23.9 Å². The molecule has 10 heteroatoms. The minimum absolute atomic E-state index is 0.0595. The monoisotopic (exact) mass is 472 g/mol. The number of furan rings is 2. The molecule has 0 atom stereocenters. The number of hydrogen-bond acceptors (Lipinski definition) is 9. The second-order valence-corrected chi connectivity index (χ2v) is 6.60. The van der Waals surface area contributed by atoms with Gasteiger partial charge in [-0.25, -0.2) is 9.59 Å². The molecule has 3 rings (SSSR count). The molecular weight excluding hydrogens is 448 g/mol. The quantitative estimate of drug-likeness (QED) is 0.287. The molecule has 34 heavy (non-hydrogen) atoms. The van der Waals surface area contributed by atoms with E-state index in [1.165, 1.54) is 31.6 Å². The van der Waals surface area contributed by atoms with E-state index in [2.05, 4.69) is 0 Å². The summed E-state index contributed by atoms with van der Waals surface area (Å²) in [7, 11) is 0. The van der Waals surface area contributed by atoms with Crippen molar-refractivity contribution < 1.29 is 47.3 Å². The maximum atomic E-state index is 11.6. The Labute approximate surface area is 194 Å². The van der Waals surface area contributed by atoms with Gasteiger partial charge in [-0.15, -0.1) is 0 Å². The van der Waals surface area contributed by atoms with Crippen molar-refractivity contribution in [1.29, 1.82) is 0 Å². The van der Waals surface area contributed by atoms with E-state index >= 15 is 0 Å². The Morgan fingerprint density at radius 1 is 1.00 bits per heavy atom. The lowest BCUT2D eigenvalue weighted by atomic mass is 10.1. The van der Waals surface area contributed by atoms with Crippen molar-refractivity contribution in [2.45, 2.75) is 27.2 Å². The maximum Gasteiger partial charge on any atom is 0.338 e. The van der Waals surface area contributed by atoms with Gasteiger partial charge < -0.3 is 28.2 Å². The molecule has 1 aromatic carbocycles. The molecule has 0 saturated carbocycles. The minimum Gasteiger partial charge on any atom is -0.481 e. The summed E-state index contributed by atoms with van der Waals surface area (Å²) < 4.78 is 24.9. The summed E-state index contributed by atoms with van der Waals surface area (Å²) in [6.45, 7) is 5.15. The van der Waals surface area contributed by atoms with Gasteiger partial charge in [-0.2, -0.15) is 0 Å². The zero-order chi connectivity index (χ0) is 25.1. The first-order valence-electron chi connectivity index (χ1n) is 10.2. The van der Waals surface area contributed by atoms with Crippen molar-refractivity contribution in [2.75, 3.05) is 13.2 Å². The molecular formula is C24H24O10. The van der Waals surface area contributed by atoms with Gasteiger partial charge in [0.1, 0.15) is 17.1 Å². The third-order valence-electron chi connectivity index (χ3n) is 4.04. The second kappa shape index (κ2) is 12.6. The van der Waals surface area contributed by atoms with Crippen LogP contribution in [0.5, 0.6) is 5.75 Å². The molecule has 180 valence electrons. The van der Waals surface area contributed by atoms with Gasteiger partial charge in [-0.3, -0.25) is 9.59 Å². The summed E-state index contributed by atoms with van der Waals surface area (Å²) in [6, 6.07) is 7.97. The molecule has 3 aromatic rings. The van der Waals surface area contributed by atoms with Crippen LogP contribution in [0.3, 0.4) is 0 Å². The van der Waals surface area contributed by atoms with Crippen molar-refractivity contribution in [1.82, 2.24) is 0 Å². The lowest BCUT2D eigenvalue weighted by molar-refractivity contribution is -0.142. The molecule has 0 fully saturated rings. The van der Waals surface area contributed by atoms with Crippen molar-refractivity contribution >= 4 is 40.9 Å². The van der Waals surface area contributed by atoms with E-state index in [4.69, 9.17) is 28.2 Å². The van der Waals surface area contributed by atoms with Gasteiger partial charge in [0.25, 0.3) is 0 Å². The van der Waals surface area contributed by atoms with Crippen molar-refractivity contribution in [3.63, 3.8) is 0 Å². The average Bonchev–Trinajstić information content (AvgIpc) is 3.45. The SMILES string of the molecule is CCOC(=O)C(=Cc1ccco1)CC(=O)O.CCOC(=O)c1cc(OC(C)=O)c2ccoc2c1. The first-order valence-corrected chi connectivity index (χ1v) is 10.2. The molecule has 2 aromatic heterocycles. The molecule has 0 spiro atoms. The maximum absolute atomic E-state index is 11.6. The number of carbonyl (C=O) groups is 4. The number of aliphatic carboxylic acids is 1. The van der Waals surface area contributed by atoms with E-state index in [-0.39, 0.29) is 36.5 Å². The molecule has 1 N–H and O–H groups in total. The molecule has 0 aliphatic rings. The predicted molar refractivity (Wildman–Crippen MR) is 119 cm³/mol. The third-order valence-corrected chi connectivity index (χ3v) is 4.04. The Hall–Kier alpha value is -4.34. The summed E-state index contributed by atoms with van der Waals surface area (Å²) in [5.41, 5.74) is 0.816. The molecule has 0 aliphatic carbocycles. The first-order chi connectivity index (χ1) is 16.2. The lowest BCUT2D eigenvalue weighted by Crippen LogP contribution is -2.11. The number of esters is 3. The van der Waals surface area contributed by atoms with Crippen LogP contribution in [0.25, 0.3) is 17.0 Å². The Bertz CT molecular complexity index is 1170. The van der Waals surface area contributed by atoms with E-state index in [1.807, 2.05) is 0 Å². The van der Waals surface area contributed by atoms with Gasteiger partial charge in [0.15, 0.2) is 0 Å². The molecule has 0 amide bonds. The first kappa shape index (κ1) is 25.9. The van der Waals surface area contributed by atoms with E-state index in [0.717, 1.165) is 0 Å². The van der Waals surface area contributed by atoms with E-state index in [9.17, 15) is 19.2 Å². The van der Waals surface area contributed by atoms with Crippen LogP contribution in [-0.4, -0.2) is 42.2 Å². The van der Waals surface area contributed by atoms with Crippen molar-refractivity contribution in [2.24, 2.45) is 0 Å². The zero-order valence-electron chi connectivity index (χ0n) is 18.9. The number of fused-ring (bicyclic) bond motifs is 1. The highest BCUT2D eigenvalue weighted by Gasteiger charge is 2.16. The fourth-order valence-corrected chi connectivity index (χ4v) is 2.72. The van der Waals surface area contributed by atoms with Crippen LogP contribution in [-0.2, 0) is 23.9 Å². The number of carbonyl (C=O) groups excluding carboxylic acids is 3. The summed E-state index contributed by atoms with van der Waals surface area (Å²) in [6.07, 6.45) is 3.88. The number of carboxylic acid groups (broad SMARTS) is 1. The second-order valence-electron chi connectivity index (χ2n) is 6.60. The average molecular weight is 472 g/mol. The zero-order valence-corrected chi connectivity index (χ0v) is 18.9. The molecule has 0 bridgehead atoms. The van der Waals surface area contributed by atoms with Gasteiger partial charge in [0, 0.05) is 6.92 Å². The normalized spacial score (nSPS) is 10.7. The van der Waals surface area contributed by atoms with Crippen LogP contribution >= 0.6 is 0 Å². The van der Waals surface area contributed by atoms with Gasteiger partial charge in [-0.05, 0) is 50.3 Å². The molecule has 0 unspecified atom stereocenters. The van der Waals surface area contributed by atoms with Crippen LogP contribution in [0.1, 0.15) is 43.3 Å². The van der Waals surface area contributed by atoms with E-state index in [1.54, 1.807) is 38.1 Å². The largest absolute Gasteiger partial charge is 0.481 e. The lowest BCUT2D eigenvalue weighted by Gasteiger charge is -2.06. The predicted octanol–water partition coefficient (Wildman–Crippen LogP) is 4.24. The highest BCUT2D eigenvalue weighted by molar-refractivity contribution is 5.98. The fourth-order valence-electron chi connectivity index (χ4n) is 2.72. The van der Waals surface area contributed by atoms with Gasteiger partial charge in [0.05, 0.1) is 48.7 Å². The molecule has 0 radical (unpaired) electrons. The van der Waals surface area contributed by atoms with Crippen LogP contribution in [0.4, 0.5) is 0 Å². The van der Waals surface area contributed by atoms with Gasteiger partial charge in [0.2, 0.25) is 0 Å². The van der Waals surface area contributed by atoms with Crippen molar-refractivity contribution in [3.05, 3.63) is 59.8 Å². The number of hydrogen-bond donors (Lipinski definition) is 1. The van der Waals surface area contributed by atoms with Crippen molar-refractivity contribution in [3.8, 4) is 5.75 Å². The van der Waals surface area contributed by atoms with Crippen LogP contribution in [0.2, 0.25) is 0 Å². The van der Waals surface area contributed by atoms with Crippen LogP contribution in [0, 0.1) is 0 Å². The Morgan fingerprint density at radius 3 is 2.32 bits per heavy atom. The fraction of sp³-hybridized carbons (Fsp3) is 0.250. The smallest absolute Gasteiger partial charge is 0.338 e. The molecule has 0 saturated heterocycles. The minimum atomic E-state index is -1.09. The Balaban J connectivity index is 0.000000242. The summed E-state index contributed by atoms with van der Waals surface area (Å²) in [4.78, 5) is 44.6. The summed E-state index contributed by atoms with van der Waals surface area (Å²) >= 11 is 0. The highest BCUT2D eigenvalue weighted by atomic mass is 16.5. The van der Waals surface area contributed by atoms with E-state index in [0.29, 0.717) is 16.7 Å². The number of benzene rings is 1. The molecule has 10 nitrogen and oxygen atoms in total. The molecule has 0 aliphatic heterocycles. The third kappa shape index (κ3) is 7.66. The highest BCUT2D eigenvalue weighted by Crippen LogP contribution is 2.29. The number of ether oxygens (including phenoxy) is 3. The summed E-state index contributed by atoms with van der Waals surface area (Å²) in [5, 5.41) is 9.29. The number of rotatable bonds is 8. The van der Waals surface area contributed by atoms with Gasteiger partial charge in [-0.1, -0.05) is 0 Å². The number of carboxylic acids is 1. The standard InChI is InChI=1S/C13H12O5.C11H12O5/c1-3-16-13(15)9-6-11-10(4-5-17-11)12(7-9)18-8(2)14;1-2-15-11(14)8(7-10(12)13)6-9-4-3-5-16-9/h4-7H,3H2,1-2H3;3-6H,2,7H2,1H3,(H,12,13). The molecule has 2 heterocycles. The Kier molecular flexibility index (Phi) is 9.63. The summed E-state index contributed by atoms with van der Waals surface area (Å²) in [5.74, 6) is -1.96. The van der Waals surface area contributed by atoms with Crippen LogP contribution < -0.4 is 4.74 Å². The van der Waals surface area contributed by atoms with E-state index < -0.39 is 23.9 Å².